The first-order valence-corrected chi connectivity index (χ1v) is 21.6. The molecular formula is C58H43NS. The Kier molecular flexibility index (Phi) is 8.65. The molecule has 0 saturated heterocycles. The van der Waals surface area contributed by atoms with Crippen molar-refractivity contribution in [1.29, 1.82) is 0 Å². The maximum atomic E-state index is 2.43. The summed E-state index contributed by atoms with van der Waals surface area (Å²) in [7, 11) is 0. The number of hydrogen-bond acceptors (Lipinski definition) is 2. The Morgan fingerprint density at radius 3 is 1.43 bits per heavy atom. The molecule has 0 bridgehead atoms. The molecule has 0 amide bonds. The van der Waals surface area contributed by atoms with Gasteiger partial charge in [-0.25, -0.2) is 0 Å². The van der Waals surface area contributed by atoms with Crippen LogP contribution >= 0.6 is 11.3 Å². The molecule has 0 atom stereocenters. The summed E-state index contributed by atoms with van der Waals surface area (Å²) < 4.78 is 2.66. The van der Waals surface area contributed by atoms with Gasteiger partial charge in [-0.3, -0.25) is 0 Å². The lowest BCUT2D eigenvalue weighted by molar-refractivity contribution is 0.660. The first-order valence-electron chi connectivity index (χ1n) is 20.8. The van der Waals surface area contributed by atoms with Gasteiger partial charge < -0.3 is 4.90 Å². The molecule has 1 aromatic heterocycles. The van der Waals surface area contributed by atoms with Crippen LogP contribution in [0.25, 0.3) is 75.8 Å². The van der Waals surface area contributed by atoms with E-state index in [1.54, 1.807) is 0 Å². The highest BCUT2D eigenvalue weighted by molar-refractivity contribution is 7.25. The number of nitrogens with zero attached hydrogens (tertiary/aromatic N) is 1. The van der Waals surface area contributed by atoms with E-state index in [2.05, 4.69) is 232 Å². The Morgan fingerprint density at radius 1 is 0.350 bits per heavy atom. The Bertz CT molecular complexity index is 3190. The van der Waals surface area contributed by atoms with E-state index in [-0.39, 0.29) is 5.41 Å². The monoisotopic (exact) mass is 785 g/mol. The summed E-state index contributed by atoms with van der Waals surface area (Å²) in [5.74, 6) is 0. The van der Waals surface area contributed by atoms with E-state index < -0.39 is 0 Å². The molecule has 0 aliphatic heterocycles. The van der Waals surface area contributed by atoms with Crippen LogP contribution in [-0.2, 0) is 5.41 Å². The van der Waals surface area contributed by atoms with Crippen molar-refractivity contribution in [2.45, 2.75) is 26.2 Å². The van der Waals surface area contributed by atoms with Gasteiger partial charge in [-0.2, -0.15) is 0 Å². The van der Waals surface area contributed by atoms with Crippen molar-refractivity contribution < 1.29 is 0 Å². The molecule has 1 aliphatic carbocycles. The van der Waals surface area contributed by atoms with Crippen LogP contribution < -0.4 is 4.90 Å². The van der Waals surface area contributed by atoms with Gasteiger partial charge in [-0.05, 0) is 134 Å². The molecule has 10 aromatic rings. The highest BCUT2D eigenvalue weighted by Gasteiger charge is 2.36. The summed E-state index contributed by atoms with van der Waals surface area (Å²) in [6.45, 7) is 6.88. The van der Waals surface area contributed by atoms with Crippen LogP contribution in [0.1, 0.15) is 30.5 Å². The second kappa shape index (κ2) is 14.4. The second-order valence-electron chi connectivity index (χ2n) is 16.7. The van der Waals surface area contributed by atoms with Gasteiger partial charge in [0.1, 0.15) is 0 Å². The second-order valence-corrected chi connectivity index (χ2v) is 17.7. The van der Waals surface area contributed by atoms with Crippen molar-refractivity contribution >= 4 is 48.6 Å². The number of rotatable bonds is 7. The number of hydrogen-bond donors (Lipinski definition) is 0. The van der Waals surface area contributed by atoms with Crippen molar-refractivity contribution in [2.24, 2.45) is 0 Å². The zero-order valence-electron chi connectivity index (χ0n) is 34.0. The molecule has 1 aliphatic rings. The number of benzene rings is 9. The maximum absolute atomic E-state index is 2.43. The molecule has 0 N–H and O–H groups in total. The fourth-order valence-electron chi connectivity index (χ4n) is 9.23. The van der Waals surface area contributed by atoms with Gasteiger partial charge in [0.15, 0.2) is 0 Å². The first-order chi connectivity index (χ1) is 29.4. The van der Waals surface area contributed by atoms with E-state index in [1.807, 2.05) is 11.3 Å². The van der Waals surface area contributed by atoms with Crippen molar-refractivity contribution in [3.05, 3.63) is 223 Å². The Balaban J connectivity index is 0.972. The van der Waals surface area contributed by atoms with Gasteiger partial charge in [0.05, 0.1) is 0 Å². The number of thiophene rings is 1. The molecule has 11 rings (SSSR count). The van der Waals surface area contributed by atoms with Crippen molar-refractivity contribution in [1.82, 2.24) is 0 Å². The molecule has 0 spiro atoms. The van der Waals surface area contributed by atoms with Gasteiger partial charge in [-0.15, -0.1) is 11.3 Å². The fourth-order valence-corrected chi connectivity index (χ4v) is 10.3. The summed E-state index contributed by atoms with van der Waals surface area (Å²) >= 11 is 1.86. The van der Waals surface area contributed by atoms with Crippen LogP contribution in [0.2, 0.25) is 0 Å². The molecule has 9 aromatic carbocycles. The van der Waals surface area contributed by atoms with Crippen molar-refractivity contribution in [3.8, 4) is 55.6 Å². The molecule has 0 fully saturated rings. The van der Waals surface area contributed by atoms with Crippen LogP contribution in [0.5, 0.6) is 0 Å². The van der Waals surface area contributed by atoms with Gasteiger partial charge in [0.2, 0.25) is 0 Å². The van der Waals surface area contributed by atoms with Gasteiger partial charge >= 0.3 is 0 Å². The SMILES string of the molecule is Cc1ccc(-c2ccc(-c3ccc(N(c4ccc(-c5ccc6sc7ccccc7c6c5)cc4)c4ccc5c(c4)C(C)(C)c4cc(-c6ccccc6)ccc4-5)cc3)cc2)cc1. The number of aryl methyl sites for hydroxylation is 1. The summed E-state index contributed by atoms with van der Waals surface area (Å²) in [4.78, 5) is 2.42. The molecule has 2 heteroatoms. The molecule has 1 heterocycles. The zero-order valence-corrected chi connectivity index (χ0v) is 34.8. The average Bonchev–Trinajstić information content (AvgIpc) is 3.78. The molecule has 0 saturated carbocycles. The molecule has 0 radical (unpaired) electrons. The zero-order chi connectivity index (χ0) is 40.4. The summed E-state index contributed by atoms with van der Waals surface area (Å²) in [5, 5.41) is 2.65. The molecular weight excluding hydrogens is 743 g/mol. The third-order valence-electron chi connectivity index (χ3n) is 12.6. The van der Waals surface area contributed by atoms with Crippen LogP contribution in [0.4, 0.5) is 17.1 Å². The summed E-state index contributed by atoms with van der Waals surface area (Å²) in [6.07, 6.45) is 0. The van der Waals surface area contributed by atoms with Crippen molar-refractivity contribution in [2.75, 3.05) is 4.90 Å². The fraction of sp³-hybridized carbons (Fsp3) is 0.0690. The quantitative estimate of drug-likeness (QED) is 0.156. The van der Waals surface area contributed by atoms with E-state index in [9.17, 15) is 0 Å². The van der Waals surface area contributed by atoms with Gasteiger partial charge in [0, 0.05) is 42.6 Å². The highest BCUT2D eigenvalue weighted by atomic mass is 32.1. The average molecular weight is 786 g/mol. The van der Waals surface area contributed by atoms with Crippen LogP contribution in [0.15, 0.2) is 206 Å². The lowest BCUT2D eigenvalue weighted by atomic mass is 9.81. The Hall–Kier alpha value is -7.00. The normalized spacial score (nSPS) is 12.7. The number of fused-ring (bicyclic) bond motifs is 6. The Morgan fingerprint density at radius 2 is 0.783 bits per heavy atom. The van der Waals surface area contributed by atoms with Crippen LogP contribution in [-0.4, -0.2) is 0 Å². The minimum Gasteiger partial charge on any atom is -0.310 e. The van der Waals surface area contributed by atoms with Crippen molar-refractivity contribution in [3.63, 3.8) is 0 Å². The van der Waals surface area contributed by atoms with E-state index in [0.717, 1.165) is 17.1 Å². The van der Waals surface area contributed by atoms with Crippen LogP contribution in [0, 0.1) is 6.92 Å². The van der Waals surface area contributed by atoms with Crippen LogP contribution in [0.3, 0.4) is 0 Å². The molecule has 286 valence electrons. The Labute approximate surface area is 356 Å². The van der Waals surface area contributed by atoms with Gasteiger partial charge in [0.25, 0.3) is 0 Å². The minimum absolute atomic E-state index is 0.167. The van der Waals surface area contributed by atoms with E-state index in [4.69, 9.17) is 0 Å². The van der Waals surface area contributed by atoms with E-state index in [0.29, 0.717) is 0 Å². The predicted molar refractivity (Wildman–Crippen MR) is 258 cm³/mol. The molecule has 0 unspecified atom stereocenters. The summed E-state index contributed by atoms with van der Waals surface area (Å²) in [5.41, 5.74) is 19.7. The lowest BCUT2D eigenvalue weighted by Gasteiger charge is -2.28. The molecule has 60 heavy (non-hydrogen) atoms. The largest absolute Gasteiger partial charge is 0.310 e. The molecule has 1 nitrogen and oxygen atoms in total. The summed E-state index contributed by atoms with van der Waals surface area (Å²) in [6, 6.07) is 76.3. The van der Waals surface area contributed by atoms with E-state index in [1.165, 1.54) is 92.5 Å². The van der Waals surface area contributed by atoms with Gasteiger partial charge in [-0.1, -0.05) is 165 Å². The third-order valence-corrected chi connectivity index (χ3v) is 13.7. The number of anilines is 3. The standard InChI is InChI=1S/C58H43NS/c1-38-13-15-40(16-14-38)41-17-19-42(20-18-41)43-21-27-47(28-22-43)59(48-29-23-44(24-30-48)45-26-34-57-53(35-45)52-11-7-8-12-56(52)60-57)49-31-33-51-50-32-25-46(39-9-5-4-6-10-39)36-54(50)58(2,3)55(51)37-49/h4-37H,1-3H3. The third kappa shape index (κ3) is 6.24. The van der Waals surface area contributed by atoms with E-state index >= 15 is 0 Å². The topological polar surface area (TPSA) is 3.24 Å². The highest BCUT2D eigenvalue weighted by Crippen LogP contribution is 2.52. The maximum Gasteiger partial charge on any atom is 0.0465 e. The first kappa shape index (κ1) is 36.1. The smallest absolute Gasteiger partial charge is 0.0465 e. The predicted octanol–water partition coefficient (Wildman–Crippen LogP) is 16.8. The minimum atomic E-state index is -0.167. The lowest BCUT2D eigenvalue weighted by Crippen LogP contribution is -2.16.